The lowest BCUT2D eigenvalue weighted by molar-refractivity contribution is 0.0951. The Morgan fingerprint density at radius 1 is 0.970 bits per heavy atom. The summed E-state index contributed by atoms with van der Waals surface area (Å²) in [6, 6.07) is 27.4. The van der Waals surface area contributed by atoms with Crippen LogP contribution in [-0.4, -0.2) is 43.0 Å². The number of hydrogen-bond acceptors (Lipinski definition) is 5. The van der Waals surface area contributed by atoms with Crippen LogP contribution in [0, 0.1) is 0 Å². The molecule has 0 radical (unpaired) electrons. The molecule has 168 valence electrons. The number of methoxy groups -OCH3 is 1. The Balaban J connectivity index is 1.45. The van der Waals surface area contributed by atoms with Crippen LogP contribution in [0.5, 0.6) is 5.75 Å². The molecule has 1 amide bonds. The molecule has 4 aromatic rings. The Morgan fingerprint density at radius 3 is 2.45 bits per heavy atom. The summed E-state index contributed by atoms with van der Waals surface area (Å²) in [6.07, 6.45) is 0. The van der Waals surface area contributed by atoms with Crippen molar-refractivity contribution in [3.63, 3.8) is 0 Å². The Bertz CT molecular complexity index is 1210. The molecule has 1 heterocycles. The fourth-order valence-corrected chi connectivity index (χ4v) is 3.68. The highest BCUT2D eigenvalue weighted by Gasteiger charge is 2.13. The average molecular weight is 441 g/mol. The van der Waals surface area contributed by atoms with E-state index in [1.165, 1.54) is 5.56 Å². The second-order valence-electron chi connectivity index (χ2n) is 7.90. The third-order valence-electron chi connectivity index (χ3n) is 5.40. The number of anilines is 2. The summed E-state index contributed by atoms with van der Waals surface area (Å²) in [5.41, 5.74) is 3.48. The maximum absolute atomic E-state index is 13.1. The van der Waals surface area contributed by atoms with Crippen molar-refractivity contribution >= 4 is 28.3 Å². The summed E-state index contributed by atoms with van der Waals surface area (Å²) in [4.78, 5) is 20.0. The van der Waals surface area contributed by atoms with Gasteiger partial charge in [-0.25, -0.2) is 4.98 Å². The molecular weight excluding hydrogens is 412 g/mol. The fraction of sp³-hybridized carbons (Fsp3) is 0.185. The highest BCUT2D eigenvalue weighted by Crippen LogP contribution is 2.24. The number of hydrogen-bond donors (Lipinski definition) is 2. The second kappa shape index (κ2) is 10.6. The molecule has 0 saturated carbocycles. The molecule has 6 heteroatoms. The number of rotatable bonds is 9. The lowest BCUT2D eigenvalue weighted by Gasteiger charge is -2.17. The van der Waals surface area contributed by atoms with Crippen LogP contribution in [0.1, 0.15) is 15.9 Å². The van der Waals surface area contributed by atoms with E-state index in [2.05, 4.69) is 39.7 Å². The summed E-state index contributed by atoms with van der Waals surface area (Å²) in [5, 5.41) is 7.18. The van der Waals surface area contributed by atoms with Crippen molar-refractivity contribution in [2.75, 3.05) is 32.6 Å². The monoisotopic (exact) mass is 440 g/mol. The predicted molar refractivity (Wildman–Crippen MR) is 133 cm³/mol. The number of para-hydroxylation sites is 1. The van der Waals surface area contributed by atoms with Gasteiger partial charge in [0.25, 0.3) is 5.91 Å². The number of likely N-dealkylation sites (N-methyl/N-ethyl adjacent to an activating group) is 1. The van der Waals surface area contributed by atoms with Crippen LogP contribution in [0.2, 0.25) is 0 Å². The van der Waals surface area contributed by atoms with Gasteiger partial charge in [-0.3, -0.25) is 4.79 Å². The number of pyridine rings is 1. The van der Waals surface area contributed by atoms with E-state index in [0.29, 0.717) is 17.9 Å². The van der Waals surface area contributed by atoms with Gasteiger partial charge in [0.1, 0.15) is 11.6 Å². The number of nitrogens with one attached hydrogen (secondary N) is 2. The maximum Gasteiger partial charge on any atom is 0.252 e. The van der Waals surface area contributed by atoms with Gasteiger partial charge in [0.05, 0.1) is 18.2 Å². The smallest absolute Gasteiger partial charge is 0.252 e. The Hall–Kier alpha value is -3.90. The summed E-state index contributed by atoms with van der Waals surface area (Å²) >= 11 is 0. The zero-order valence-corrected chi connectivity index (χ0v) is 18.9. The van der Waals surface area contributed by atoms with Gasteiger partial charge in [0.15, 0.2) is 0 Å². The molecule has 0 aliphatic carbocycles. The molecule has 2 N–H and O–H groups in total. The average Bonchev–Trinajstić information content (AvgIpc) is 2.84. The first-order valence-corrected chi connectivity index (χ1v) is 10.9. The van der Waals surface area contributed by atoms with Crippen LogP contribution in [-0.2, 0) is 6.54 Å². The number of ether oxygens (including phenoxy) is 1. The summed E-state index contributed by atoms with van der Waals surface area (Å²) in [7, 11) is 3.69. The number of amides is 1. The van der Waals surface area contributed by atoms with Gasteiger partial charge in [-0.1, -0.05) is 48.5 Å². The van der Waals surface area contributed by atoms with Crippen LogP contribution >= 0.6 is 0 Å². The summed E-state index contributed by atoms with van der Waals surface area (Å²) < 4.78 is 5.22. The SMILES string of the molecule is COc1ccc(Nc2cc(C(=O)NCCN(C)Cc3ccccc3)c3ccccc3n2)cc1. The van der Waals surface area contributed by atoms with Crippen molar-refractivity contribution in [2.24, 2.45) is 0 Å². The van der Waals surface area contributed by atoms with E-state index in [1.807, 2.05) is 66.7 Å². The van der Waals surface area contributed by atoms with E-state index in [0.717, 1.165) is 35.4 Å². The maximum atomic E-state index is 13.1. The highest BCUT2D eigenvalue weighted by atomic mass is 16.5. The standard InChI is InChI=1S/C27H28N4O2/c1-31(19-20-8-4-3-5-9-20)17-16-28-27(32)24-18-26(30-25-11-7-6-10-23(24)25)29-21-12-14-22(33-2)15-13-21/h3-15,18H,16-17,19H2,1-2H3,(H,28,32)(H,29,30). The molecule has 0 saturated heterocycles. The fourth-order valence-electron chi connectivity index (χ4n) is 3.68. The second-order valence-corrected chi connectivity index (χ2v) is 7.90. The number of fused-ring (bicyclic) bond motifs is 1. The quantitative estimate of drug-likeness (QED) is 0.390. The van der Waals surface area contributed by atoms with E-state index in [-0.39, 0.29) is 5.91 Å². The van der Waals surface area contributed by atoms with Gasteiger partial charge in [-0.05, 0) is 49.0 Å². The van der Waals surface area contributed by atoms with E-state index in [4.69, 9.17) is 4.74 Å². The molecule has 0 spiro atoms. The largest absolute Gasteiger partial charge is 0.497 e. The van der Waals surface area contributed by atoms with Crippen molar-refractivity contribution in [1.29, 1.82) is 0 Å². The molecular formula is C27H28N4O2. The number of nitrogens with zero attached hydrogens (tertiary/aromatic N) is 2. The van der Waals surface area contributed by atoms with Gasteiger partial charge in [0, 0.05) is 30.7 Å². The lowest BCUT2D eigenvalue weighted by Crippen LogP contribution is -2.33. The van der Waals surface area contributed by atoms with Gasteiger partial charge in [-0.2, -0.15) is 0 Å². The molecule has 4 rings (SSSR count). The van der Waals surface area contributed by atoms with Crippen LogP contribution < -0.4 is 15.4 Å². The first-order valence-electron chi connectivity index (χ1n) is 10.9. The molecule has 0 atom stereocenters. The lowest BCUT2D eigenvalue weighted by atomic mass is 10.1. The molecule has 3 aromatic carbocycles. The topological polar surface area (TPSA) is 66.5 Å². The van der Waals surface area contributed by atoms with E-state index in [9.17, 15) is 4.79 Å². The van der Waals surface area contributed by atoms with Crippen molar-refractivity contribution in [3.05, 3.63) is 96.1 Å². The van der Waals surface area contributed by atoms with Gasteiger partial charge < -0.3 is 20.3 Å². The molecule has 0 fully saturated rings. The molecule has 0 aliphatic rings. The Labute approximate surface area is 194 Å². The Morgan fingerprint density at radius 2 is 1.70 bits per heavy atom. The molecule has 33 heavy (non-hydrogen) atoms. The minimum atomic E-state index is -0.112. The molecule has 0 aliphatic heterocycles. The zero-order chi connectivity index (χ0) is 23.0. The normalized spacial score (nSPS) is 10.9. The van der Waals surface area contributed by atoms with Crippen molar-refractivity contribution < 1.29 is 9.53 Å². The number of carbonyl (C=O) groups excluding carboxylic acids is 1. The first kappa shape index (κ1) is 22.3. The van der Waals surface area contributed by atoms with Gasteiger partial charge in [-0.15, -0.1) is 0 Å². The summed E-state index contributed by atoms with van der Waals surface area (Å²) in [6.45, 7) is 2.14. The number of carbonyl (C=O) groups is 1. The van der Waals surface area contributed by atoms with Crippen molar-refractivity contribution in [2.45, 2.75) is 6.54 Å². The van der Waals surface area contributed by atoms with Crippen LogP contribution in [0.3, 0.4) is 0 Å². The van der Waals surface area contributed by atoms with E-state index >= 15 is 0 Å². The third kappa shape index (κ3) is 5.87. The van der Waals surface area contributed by atoms with Crippen molar-refractivity contribution in [1.82, 2.24) is 15.2 Å². The van der Waals surface area contributed by atoms with E-state index in [1.54, 1.807) is 13.2 Å². The first-order chi connectivity index (χ1) is 16.1. The summed E-state index contributed by atoms with van der Waals surface area (Å²) in [5.74, 6) is 1.29. The van der Waals surface area contributed by atoms with Gasteiger partial charge >= 0.3 is 0 Å². The molecule has 1 aromatic heterocycles. The zero-order valence-electron chi connectivity index (χ0n) is 18.9. The van der Waals surface area contributed by atoms with Crippen LogP contribution in [0.25, 0.3) is 10.9 Å². The van der Waals surface area contributed by atoms with Crippen LogP contribution in [0.15, 0.2) is 84.9 Å². The number of benzene rings is 3. The van der Waals surface area contributed by atoms with Crippen LogP contribution in [0.4, 0.5) is 11.5 Å². The molecule has 6 nitrogen and oxygen atoms in total. The molecule has 0 bridgehead atoms. The Kier molecular flexibility index (Phi) is 7.17. The minimum absolute atomic E-state index is 0.112. The molecule has 0 unspecified atom stereocenters. The third-order valence-corrected chi connectivity index (χ3v) is 5.40. The van der Waals surface area contributed by atoms with Crippen molar-refractivity contribution in [3.8, 4) is 5.75 Å². The van der Waals surface area contributed by atoms with E-state index < -0.39 is 0 Å². The highest BCUT2D eigenvalue weighted by molar-refractivity contribution is 6.07. The number of aromatic nitrogens is 1. The van der Waals surface area contributed by atoms with Gasteiger partial charge in [0.2, 0.25) is 0 Å². The predicted octanol–water partition coefficient (Wildman–Crippen LogP) is 4.85. The minimum Gasteiger partial charge on any atom is -0.497 e.